The van der Waals surface area contributed by atoms with E-state index >= 15 is 0 Å². The van der Waals surface area contributed by atoms with Gasteiger partial charge in [-0.1, -0.05) is 0 Å². The van der Waals surface area contributed by atoms with Gasteiger partial charge in [0, 0.05) is 10.6 Å². The molecule has 2 aromatic rings. The van der Waals surface area contributed by atoms with Gasteiger partial charge in [-0.25, -0.2) is 8.42 Å². The van der Waals surface area contributed by atoms with Gasteiger partial charge in [0.05, 0.1) is 21.8 Å². The first-order chi connectivity index (χ1) is 9.74. The summed E-state index contributed by atoms with van der Waals surface area (Å²) in [7, 11) is -3.25. The molecule has 0 amide bonds. The fourth-order valence-corrected chi connectivity index (χ4v) is 4.00. The molecule has 0 radical (unpaired) electrons. The topological polar surface area (TPSA) is 58.2 Å². The van der Waals surface area contributed by atoms with Gasteiger partial charge in [0.2, 0.25) is 10.0 Å². The summed E-state index contributed by atoms with van der Waals surface area (Å²) < 4.78 is 26.2. The number of sulfonamides is 1. The van der Waals surface area contributed by atoms with Crippen LogP contribution >= 0.6 is 27.3 Å². The SMILES string of the molecule is Cc1cc(NC(C)c2ccc(Br)s2)ccc1NS(C)(=O)=O. The number of rotatable bonds is 5. The molecule has 0 spiro atoms. The van der Waals surface area contributed by atoms with E-state index in [1.54, 1.807) is 17.4 Å². The van der Waals surface area contributed by atoms with Gasteiger partial charge < -0.3 is 5.32 Å². The number of anilines is 2. The van der Waals surface area contributed by atoms with Crippen molar-refractivity contribution in [3.63, 3.8) is 0 Å². The van der Waals surface area contributed by atoms with E-state index in [2.05, 4.69) is 39.0 Å². The number of halogens is 1. The Morgan fingerprint density at radius 1 is 1.24 bits per heavy atom. The smallest absolute Gasteiger partial charge is 0.229 e. The molecule has 1 atom stereocenters. The minimum Gasteiger partial charge on any atom is -0.378 e. The molecule has 0 aliphatic rings. The summed E-state index contributed by atoms with van der Waals surface area (Å²) >= 11 is 5.15. The van der Waals surface area contributed by atoms with Gasteiger partial charge in [0.15, 0.2) is 0 Å². The summed E-state index contributed by atoms with van der Waals surface area (Å²) in [5.41, 5.74) is 2.45. The fourth-order valence-electron chi connectivity index (χ4n) is 1.95. The number of benzene rings is 1. The minimum absolute atomic E-state index is 0.189. The van der Waals surface area contributed by atoms with E-state index in [0.717, 1.165) is 21.3 Å². The van der Waals surface area contributed by atoms with Crippen molar-refractivity contribution in [3.05, 3.63) is 44.6 Å². The molecule has 1 unspecified atom stereocenters. The molecule has 1 aromatic carbocycles. The van der Waals surface area contributed by atoms with Crippen molar-refractivity contribution in [2.45, 2.75) is 19.9 Å². The predicted molar refractivity (Wildman–Crippen MR) is 93.7 cm³/mol. The highest BCUT2D eigenvalue weighted by molar-refractivity contribution is 9.11. The normalized spacial score (nSPS) is 13.0. The Labute approximate surface area is 137 Å². The van der Waals surface area contributed by atoms with Crippen molar-refractivity contribution in [1.29, 1.82) is 0 Å². The molecule has 0 saturated heterocycles. The highest BCUT2D eigenvalue weighted by atomic mass is 79.9. The summed E-state index contributed by atoms with van der Waals surface area (Å²) in [6.07, 6.45) is 1.15. The van der Waals surface area contributed by atoms with E-state index in [1.807, 2.05) is 25.1 Å². The van der Waals surface area contributed by atoms with E-state index in [4.69, 9.17) is 0 Å². The van der Waals surface area contributed by atoms with Crippen LogP contribution in [0.15, 0.2) is 34.1 Å². The van der Waals surface area contributed by atoms with E-state index in [1.165, 1.54) is 4.88 Å². The van der Waals surface area contributed by atoms with Crippen LogP contribution in [0.4, 0.5) is 11.4 Å². The third-order valence-corrected chi connectivity index (χ3v) is 5.32. The molecule has 0 fully saturated rings. The number of hydrogen-bond donors (Lipinski definition) is 2. The minimum atomic E-state index is -3.25. The van der Waals surface area contributed by atoms with Crippen molar-refractivity contribution < 1.29 is 8.42 Å². The molecule has 4 nitrogen and oxygen atoms in total. The third-order valence-electron chi connectivity index (χ3n) is 2.93. The van der Waals surface area contributed by atoms with Gasteiger partial charge in [-0.15, -0.1) is 11.3 Å². The second kappa shape index (κ2) is 6.37. The molecular formula is C14H17BrN2O2S2. The summed E-state index contributed by atoms with van der Waals surface area (Å²) in [6, 6.07) is 9.89. The molecule has 1 aromatic heterocycles. The van der Waals surface area contributed by atoms with Gasteiger partial charge in [-0.3, -0.25) is 4.72 Å². The van der Waals surface area contributed by atoms with Crippen LogP contribution in [-0.2, 0) is 10.0 Å². The Morgan fingerprint density at radius 2 is 1.95 bits per heavy atom. The second-order valence-electron chi connectivity index (χ2n) is 4.91. The van der Waals surface area contributed by atoms with Crippen molar-refractivity contribution in [2.75, 3.05) is 16.3 Å². The Morgan fingerprint density at radius 3 is 2.48 bits per heavy atom. The van der Waals surface area contributed by atoms with E-state index in [9.17, 15) is 8.42 Å². The zero-order valence-corrected chi connectivity index (χ0v) is 15.2. The average Bonchev–Trinajstić information content (AvgIpc) is 2.78. The summed E-state index contributed by atoms with van der Waals surface area (Å²) in [5, 5.41) is 3.41. The standard InChI is InChI=1S/C14H17BrN2O2S2/c1-9-8-11(4-5-12(9)17-21(3,18)19)16-10(2)13-6-7-14(15)20-13/h4-8,10,16-17H,1-3H3. The molecular weight excluding hydrogens is 372 g/mol. The van der Waals surface area contributed by atoms with Crippen molar-refractivity contribution in [1.82, 2.24) is 0 Å². The highest BCUT2D eigenvalue weighted by Crippen LogP contribution is 2.30. The zero-order valence-electron chi connectivity index (χ0n) is 12.0. The number of hydrogen-bond acceptors (Lipinski definition) is 4. The third kappa shape index (κ3) is 4.72. The Kier molecular flexibility index (Phi) is 4.95. The largest absolute Gasteiger partial charge is 0.378 e. The molecule has 0 bridgehead atoms. The molecule has 0 aliphatic heterocycles. The highest BCUT2D eigenvalue weighted by Gasteiger charge is 2.10. The number of aryl methyl sites for hydroxylation is 1. The molecule has 0 aliphatic carbocycles. The van der Waals surface area contributed by atoms with E-state index in [-0.39, 0.29) is 6.04 Å². The van der Waals surface area contributed by atoms with Crippen LogP contribution in [0.5, 0.6) is 0 Å². The van der Waals surface area contributed by atoms with Crippen molar-refractivity contribution in [3.8, 4) is 0 Å². The van der Waals surface area contributed by atoms with Crippen LogP contribution in [-0.4, -0.2) is 14.7 Å². The lowest BCUT2D eigenvalue weighted by atomic mass is 10.1. The molecule has 0 saturated carbocycles. The molecule has 114 valence electrons. The monoisotopic (exact) mass is 388 g/mol. The lowest BCUT2D eigenvalue weighted by Crippen LogP contribution is -2.11. The Balaban J connectivity index is 2.13. The molecule has 21 heavy (non-hydrogen) atoms. The van der Waals surface area contributed by atoms with E-state index in [0.29, 0.717) is 5.69 Å². The Bertz CT molecular complexity index is 741. The first-order valence-electron chi connectivity index (χ1n) is 6.35. The first-order valence-corrected chi connectivity index (χ1v) is 9.85. The molecule has 7 heteroatoms. The fraction of sp³-hybridized carbons (Fsp3) is 0.286. The van der Waals surface area contributed by atoms with Gasteiger partial charge in [0.1, 0.15) is 0 Å². The first kappa shape index (κ1) is 16.3. The van der Waals surface area contributed by atoms with Crippen molar-refractivity contribution in [2.24, 2.45) is 0 Å². The van der Waals surface area contributed by atoms with Crippen LogP contribution in [0.25, 0.3) is 0 Å². The molecule has 1 heterocycles. The van der Waals surface area contributed by atoms with Crippen LogP contribution < -0.4 is 10.0 Å². The maximum atomic E-state index is 11.3. The summed E-state index contributed by atoms with van der Waals surface area (Å²) in [5.74, 6) is 0. The van der Waals surface area contributed by atoms with Crippen LogP contribution in [0.2, 0.25) is 0 Å². The lowest BCUT2D eigenvalue weighted by molar-refractivity contribution is 0.607. The molecule has 2 rings (SSSR count). The summed E-state index contributed by atoms with van der Waals surface area (Å²) in [6.45, 7) is 3.97. The van der Waals surface area contributed by atoms with Gasteiger partial charge >= 0.3 is 0 Å². The van der Waals surface area contributed by atoms with Gasteiger partial charge in [-0.05, 0) is 65.7 Å². The van der Waals surface area contributed by atoms with Crippen molar-refractivity contribution >= 4 is 48.7 Å². The number of nitrogens with one attached hydrogen (secondary N) is 2. The molecule has 2 N–H and O–H groups in total. The maximum absolute atomic E-state index is 11.3. The zero-order chi connectivity index (χ0) is 15.6. The maximum Gasteiger partial charge on any atom is 0.229 e. The average molecular weight is 389 g/mol. The van der Waals surface area contributed by atoms with Gasteiger partial charge in [0.25, 0.3) is 0 Å². The second-order valence-corrected chi connectivity index (χ2v) is 9.15. The lowest BCUT2D eigenvalue weighted by Gasteiger charge is -2.16. The predicted octanol–water partition coefficient (Wildman–Crippen LogP) is 4.36. The number of thiophene rings is 1. The van der Waals surface area contributed by atoms with Crippen LogP contribution in [0.3, 0.4) is 0 Å². The quantitative estimate of drug-likeness (QED) is 0.799. The summed E-state index contributed by atoms with van der Waals surface area (Å²) in [4.78, 5) is 1.23. The van der Waals surface area contributed by atoms with Crippen LogP contribution in [0.1, 0.15) is 23.4 Å². The Hall–Kier alpha value is -1.05. The van der Waals surface area contributed by atoms with Gasteiger partial charge in [-0.2, -0.15) is 0 Å². The van der Waals surface area contributed by atoms with E-state index < -0.39 is 10.0 Å². The van der Waals surface area contributed by atoms with Crippen LogP contribution in [0, 0.1) is 6.92 Å².